The average molecular weight is 627 g/mol. The molecule has 2 aliphatic rings. The molecule has 2 aliphatic heterocycles. The van der Waals surface area contributed by atoms with Crippen molar-refractivity contribution in [1.82, 2.24) is 15.5 Å². The highest BCUT2D eigenvalue weighted by Gasteiger charge is 2.54. The van der Waals surface area contributed by atoms with Crippen molar-refractivity contribution in [2.45, 2.75) is 64.6 Å². The van der Waals surface area contributed by atoms with E-state index in [2.05, 4.69) is 26.6 Å². The standard InChI is InChI=1S/C26H32BrN3O8S/c1-25(2,3)23(34)37-13-36-22(33)18-15(27)12-39-21-17(20(32)30(18)21)28-19(31)16(14-10-8-7-9-11-14)29-24(35)38-26(4,5)6/h7-11,16-17,21H,12-13H2,1-6H3,(H,28,31)(H,29,35)/t16?,17?,21-/m1/s1. The van der Waals surface area contributed by atoms with Gasteiger partial charge >= 0.3 is 18.0 Å². The highest BCUT2D eigenvalue weighted by Crippen LogP contribution is 2.42. The number of halogens is 1. The third kappa shape index (κ3) is 7.53. The van der Waals surface area contributed by atoms with Crippen LogP contribution in [0, 0.1) is 5.41 Å². The minimum atomic E-state index is -1.12. The number of carbonyl (C=O) groups is 5. The van der Waals surface area contributed by atoms with Gasteiger partial charge in [-0.25, -0.2) is 9.59 Å². The lowest BCUT2D eigenvalue weighted by atomic mass is 9.98. The van der Waals surface area contributed by atoms with Crippen molar-refractivity contribution in [3.63, 3.8) is 0 Å². The van der Waals surface area contributed by atoms with E-state index in [4.69, 9.17) is 14.2 Å². The fourth-order valence-electron chi connectivity index (χ4n) is 3.60. The van der Waals surface area contributed by atoms with Crippen molar-refractivity contribution in [3.05, 3.63) is 46.1 Å². The maximum Gasteiger partial charge on any atom is 0.408 e. The number of esters is 2. The number of fused-ring (bicyclic) bond motifs is 1. The Kier molecular flexibility index (Phi) is 9.37. The van der Waals surface area contributed by atoms with Crippen LogP contribution in [0.5, 0.6) is 0 Å². The highest BCUT2D eigenvalue weighted by molar-refractivity contribution is 9.11. The Labute approximate surface area is 239 Å². The quantitative estimate of drug-likeness (QED) is 0.265. The van der Waals surface area contributed by atoms with Crippen molar-refractivity contribution in [3.8, 4) is 0 Å². The number of hydrogen-bond acceptors (Lipinski definition) is 9. The number of nitrogens with zero attached hydrogens (tertiary/aromatic N) is 1. The lowest BCUT2D eigenvalue weighted by molar-refractivity contribution is -0.173. The van der Waals surface area contributed by atoms with Crippen LogP contribution in [0.25, 0.3) is 0 Å². The Bertz CT molecular complexity index is 1180. The van der Waals surface area contributed by atoms with Gasteiger partial charge in [-0.2, -0.15) is 0 Å². The van der Waals surface area contributed by atoms with E-state index in [0.29, 0.717) is 15.8 Å². The number of benzene rings is 1. The zero-order chi connectivity index (χ0) is 29.1. The third-order valence-electron chi connectivity index (χ3n) is 5.46. The van der Waals surface area contributed by atoms with E-state index in [1.54, 1.807) is 71.9 Å². The summed E-state index contributed by atoms with van der Waals surface area (Å²) in [5.41, 5.74) is -1.07. The van der Waals surface area contributed by atoms with E-state index >= 15 is 0 Å². The van der Waals surface area contributed by atoms with E-state index in [1.165, 1.54) is 16.7 Å². The number of β-lactam (4-membered cyclic amide) rings is 1. The Morgan fingerprint density at radius 3 is 2.31 bits per heavy atom. The van der Waals surface area contributed by atoms with Crippen LogP contribution in [-0.2, 0) is 33.4 Å². The van der Waals surface area contributed by atoms with Gasteiger partial charge in [0.05, 0.1) is 5.41 Å². The van der Waals surface area contributed by atoms with Gasteiger partial charge in [0.25, 0.3) is 5.91 Å². The minimum Gasteiger partial charge on any atom is -0.444 e. The van der Waals surface area contributed by atoms with Gasteiger partial charge in [-0.3, -0.25) is 19.3 Å². The first-order chi connectivity index (χ1) is 18.1. The molecule has 3 amide bonds. The summed E-state index contributed by atoms with van der Waals surface area (Å²) in [6, 6.07) is 6.49. The fraction of sp³-hybridized carbons (Fsp3) is 0.500. The monoisotopic (exact) mass is 625 g/mol. The number of rotatable bonds is 7. The number of carbonyl (C=O) groups excluding carboxylic acids is 5. The van der Waals surface area contributed by atoms with Gasteiger partial charge in [0.1, 0.15) is 28.8 Å². The molecule has 0 spiro atoms. The van der Waals surface area contributed by atoms with E-state index in [1.807, 2.05) is 0 Å². The summed E-state index contributed by atoms with van der Waals surface area (Å²) in [6.07, 6.45) is -0.788. The molecule has 2 heterocycles. The van der Waals surface area contributed by atoms with Gasteiger partial charge < -0.3 is 24.8 Å². The van der Waals surface area contributed by atoms with E-state index in [-0.39, 0.29) is 5.70 Å². The second-order valence-electron chi connectivity index (χ2n) is 10.9. The summed E-state index contributed by atoms with van der Waals surface area (Å²) in [6.45, 7) is 9.50. The molecule has 2 N–H and O–H groups in total. The first-order valence-electron chi connectivity index (χ1n) is 12.1. The lowest BCUT2D eigenvalue weighted by Crippen LogP contribution is -2.71. The van der Waals surface area contributed by atoms with E-state index in [9.17, 15) is 24.0 Å². The molecule has 1 aromatic rings. The van der Waals surface area contributed by atoms with Gasteiger partial charge in [-0.1, -0.05) is 46.3 Å². The molecule has 0 aromatic heterocycles. The summed E-state index contributed by atoms with van der Waals surface area (Å²) >= 11 is 4.66. The molecule has 0 bridgehead atoms. The summed E-state index contributed by atoms with van der Waals surface area (Å²) in [4.78, 5) is 64.8. The number of amides is 3. The summed E-state index contributed by atoms with van der Waals surface area (Å²) in [5, 5.41) is 4.69. The molecule has 11 nitrogen and oxygen atoms in total. The molecule has 13 heteroatoms. The number of hydrogen-bond donors (Lipinski definition) is 2. The Hall–Kier alpha value is -3.06. The zero-order valence-electron chi connectivity index (χ0n) is 22.5. The molecule has 0 saturated carbocycles. The minimum absolute atomic E-state index is 0.0208. The molecule has 1 saturated heterocycles. The Morgan fingerprint density at radius 2 is 1.72 bits per heavy atom. The van der Waals surface area contributed by atoms with Crippen LogP contribution in [0.4, 0.5) is 4.79 Å². The highest BCUT2D eigenvalue weighted by atomic mass is 79.9. The maximum absolute atomic E-state index is 13.3. The zero-order valence-corrected chi connectivity index (χ0v) is 24.9. The average Bonchev–Trinajstić information content (AvgIpc) is 2.84. The van der Waals surface area contributed by atoms with Crippen LogP contribution in [-0.4, -0.2) is 64.3 Å². The van der Waals surface area contributed by atoms with Crippen molar-refractivity contribution in [2.75, 3.05) is 12.5 Å². The lowest BCUT2D eigenvalue weighted by Gasteiger charge is -2.49. The summed E-state index contributed by atoms with van der Waals surface area (Å²) in [5.74, 6) is -2.19. The van der Waals surface area contributed by atoms with Crippen molar-refractivity contribution < 1.29 is 38.2 Å². The van der Waals surface area contributed by atoms with Crippen LogP contribution in [0.2, 0.25) is 0 Å². The van der Waals surface area contributed by atoms with Gasteiger partial charge in [0, 0.05) is 10.2 Å². The van der Waals surface area contributed by atoms with Gasteiger partial charge in [0.2, 0.25) is 12.7 Å². The SMILES string of the molecule is CC(C)(C)OC(=O)NC(C(=O)NC1C(=O)N2C(C(=O)OCOC(=O)C(C)(C)C)=C(Br)CS[C@H]12)c1ccccc1. The molecule has 0 radical (unpaired) electrons. The predicted octanol–water partition coefficient (Wildman–Crippen LogP) is 3.35. The van der Waals surface area contributed by atoms with E-state index < -0.39 is 65.1 Å². The Balaban J connectivity index is 1.69. The predicted molar refractivity (Wildman–Crippen MR) is 146 cm³/mol. The first kappa shape index (κ1) is 30.5. The maximum atomic E-state index is 13.3. The molecule has 3 atom stereocenters. The molecule has 3 rings (SSSR count). The fourth-order valence-corrected chi connectivity index (χ4v) is 5.54. The van der Waals surface area contributed by atoms with Crippen LogP contribution >= 0.6 is 27.7 Å². The molecular weight excluding hydrogens is 594 g/mol. The second kappa shape index (κ2) is 12.0. The smallest absolute Gasteiger partial charge is 0.408 e. The molecule has 1 aromatic carbocycles. The molecular formula is C26H32BrN3O8S. The van der Waals surface area contributed by atoms with Gasteiger partial charge in [-0.15, -0.1) is 11.8 Å². The molecule has 212 valence electrons. The number of nitrogens with one attached hydrogen (secondary N) is 2. The topological polar surface area (TPSA) is 140 Å². The molecule has 2 unspecified atom stereocenters. The van der Waals surface area contributed by atoms with Crippen molar-refractivity contribution in [2.24, 2.45) is 5.41 Å². The number of alkyl carbamates (subject to hydrolysis) is 1. The number of ether oxygens (including phenoxy) is 3. The Morgan fingerprint density at radius 1 is 1.08 bits per heavy atom. The molecule has 0 aliphatic carbocycles. The van der Waals surface area contributed by atoms with Crippen LogP contribution in [0.3, 0.4) is 0 Å². The summed E-state index contributed by atoms with van der Waals surface area (Å²) < 4.78 is 15.8. The van der Waals surface area contributed by atoms with Crippen molar-refractivity contribution in [1.29, 1.82) is 0 Å². The van der Waals surface area contributed by atoms with E-state index in [0.717, 1.165) is 0 Å². The van der Waals surface area contributed by atoms with Gasteiger partial charge in [0.15, 0.2) is 0 Å². The second-order valence-corrected chi connectivity index (χ2v) is 12.9. The first-order valence-corrected chi connectivity index (χ1v) is 14.0. The van der Waals surface area contributed by atoms with Crippen LogP contribution in [0.15, 0.2) is 40.5 Å². The molecule has 39 heavy (non-hydrogen) atoms. The largest absolute Gasteiger partial charge is 0.444 e. The normalized spacial score (nSPS) is 19.8. The summed E-state index contributed by atoms with van der Waals surface area (Å²) in [7, 11) is 0. The molecule has 1 fully saturated rings. The van der Waals surface area contributed by atoms with Crippen LogP contribution < -0.4 is 10.6 Å². The third-order valence-corrected chi connectivity index (χ3v) is 7.77. The van der Waals surface area contributed by atoms with Gasteiger partial charge in [-0.05, 0) is 47.1 Å². The van der Waals surface area contributed by atoms with Crippen LogP contribution in [0.1, 0.15) is 53.1 Å². The number of thioether (sulfide) groups is 1. The van der Waals surface area contributed by atoms with Crippen molar-refractivity contribution >= 4 is 57.5 Å².